The highest BCUT2D eigenvalue weighted by Crippen LogP contribution is 2.13. The minimum Gasteiger partial charge on any atom is -0.334 e. The predicted molar refractivity (Wildman–Crippen MR) is 66.3 cm³/mol. The highest BCUT2D eigenvalue weighted by Gasteiger charge is 2.03. The summed E-state index contributed by atoms with van der Waals surface area (Å²) in [4.78, 5) is 14.2. The van der Waals surface area contributed by atoms with E-state index in [2.05, 4.69) is 36.4 Å². The van der Waals surface area contributed by atoms with Crippen LogP contribution in [0.15, 0.2) is 23.1 Å². The number of aryl methyl sites for hydroxylation is 1. The van der Waals surface area contributed by atoms with Crippen molar-refractivity contribution in [1.29, 1.82) is 0 Å². The van der Waals surface area contributed by atoms with Gasteiger partial charge in [0.25, 0.3) is 5.56 Å². The fourth-order valence-corrected chi connectivity index (χ4v) is 1.64. The Bertz CT molecular complexity index is 546. The minimum absolute atomic E-state index is 0.162. The standard InChI is InChI=1S/C10H11BrN4O/c1-6-2-9(15-14-6)13-8-3-7(4-11)5-12-10(8)16/h2-3,5H,4H2,1H3,(H,12,16)(H2,13,14,15). The quantitative estimate of drug-likeness (QED) is 0.755. The number of alkyl halides is 1. The third-order valence-electron chi connectivity index (χ3n) is 2.09. The van der Waals surface area contributed by atoms with E-state index < -0.39 is 0 Å². The molecule has 0 aliphatic rings. The number of aromatic nitrogens is 3. The highest BCUT2D eigenvalue weighted by molar-refractivity contribution is 9.08. The lowest BCUT2D eigenvalue weighted by atomic mass is 10.3. The molecule has 0 spiro atoms. The van der Waals surface area contributed by atoms with Gasteiger partial charge < -0.3 is 10.3 Å². The van der Waals surface area contributed by atoms with E-state index in [1.54, 1.807) is 12.3 Å². The van der Waals surface area contributed by atoms with Gasteiger partial charge in [0.1, 0.15) is 5.69 Å². The van der Waals surface area contributed by atoms with Crippen molar-refractivity contribution in [3.8, 4) is 0 Å². The molecule has 0 saturated carbocycles. The maximum absolute atomic E-state index is 11.5. The Kier molecular flexibility index (Phi) is 3.09. The van der Waals surface area contributed by atoms with Crippen molar-refractivity contribution in [2.75, 3.05) is 5.32 Å². The zero-order valence-electron chi connectivity index (χ0n) is 8.67. The van der Waals surface area contributed by atoms with E-state index >= 15 is 0 Å². The van der Waals surface area contributed by atoms with Gasteiger partial charge >= 0.3 is 0 Å². The third-order valence-corrected chi connectivity index (χ3v) is 2.73. The molecule has 2 aromatic heterocycles. The van der Waals surface area contributed by atoms with Crippen LogP contribution in [0, 0.1) is 6.92 Å². The lowest BCUT2D eigenvalue weighted by Gasteiger charge is -2.02. The van der Waals surface area contributed by atoms with E-state index in [0.29, 0.717) is 16.8 Å². The second-order valence-corrected chi connectivity index (χ2v) is 4.01. The van der Waals surface area contributed by atoms with Crippen LogP contribution in [0.2, 0.25) is 0 Å². The second kappa shape index (κ2) is 4.52. The third kappa shape index (κ3) is 2.33. The second-order valence-electron chi connectivity index (χ2n) is 3.45. The van der Waals surface area contributed by atoms with Gasteiger partial charge in [-0.15, -0.1) is 0 Å². The topological polar surface area (TPSA) is 73.6 Å². The van der Waals surface area contributed by atoms with E-state index in [0.717, 1.165) is 11.3 Å². The lowest BCUT2D eigenvalue weighted by molar-refractivity contribution is 1.05. The molecule has 0 radical (unpaired) electrons. The summed E-state index contributed by atoms with van der Waals surface area (Å²) in [5, 5.41) is 10.5. The van der Waals surface area contributed by atoms with Crippen LogP contribution in [0.3, 0.4) is 0 Å². The van der Waals surface area contributed by atoms with Gasteiger partial charge in [-0.3, -0.25) is 9.89 Å². The zero-order chi connectivity index (χ0) is 11.5. The number of pyridine rings is 1. The molecule has 84 valence electrons. The lowest BCUT2D eigenvalue weighted by Crippen LogP contribution is -2.11. The average Bonchev–Trinajstić information content (AvgIpc) is 2.67. The van der Waals surface area contributed by atoms with Crippen LogP contribution in [0.4, 0.5) is 11.5 Å². The van der Waals surface area contributed by atoms with E-state index in [1.807, 2.05) is 13.0 Å². The summed E-state index contributed by atoms with van der Waals surface area (Å²) in [5.41, 5.74) is 2.26. The molecule has 0 aliphatic carbocycles. The first-order chi connectivity index (χ1) is 7.69. The van der Waals surface area contributed by atoms with Gasteiger partial charge in [-0.2, -0.15) is 5.10 Å². The number of hydrogen-bond donors (Lipinski definition) is 3. The Balaban J connectivity index is 2.30. The number of anilines is 2. The number of hydrogen-bond acceptors (Lipinski definition) is 3. The van der Waals surface area contributed by atoms with Gasteiger partial charge in [0.2, 0.25) is 0 Å². The molecule has 0 bridgehead atoms. The molecule has 5 nitrogen and oxygen atoms in total. The van der Waals surface area contributed by atoms with Crippen LogP contribution in [-0.4, -0.2) is 15.2 Å². The number of nitrogens with zero attached hydrogens (tertiary/aromatic N) is 1. The van der Waals surface area contributed by atoms with Crippen LogP contribution >= 0.6 is 15.9 Å². The molecule has 0 unspecified atom stereocenters. The van der Waals surface area contributed by atoms with Crippen molar-refractivity contribution in [1.82, 2.24) is 15.2 Å². The van der Waals surface area contributed by atoms with Crippen molar-refractivity contribution in [2.24, 2.45) is 0 Å². The molecule has 0 saturated heterocycles. The first-order valence-corrected chi connectivity index (χ1v) is 5.88. The Morgan fingerprint density at radius 2 is 2.31 bits per heavy atom. The molecule has 0 aromatic carbocycles. The number of aromatic amines is 2. The van der Waals surface area contributed by atoms with Gasteiger partial charge in [-0.25, -0.2) is 0 Å². The maximum Gasteiger partial charge on any atom is 0.271 e. The molecule has 0 aliphatic heterocycles. The summed E-state index contributed by atoms with van der Waals surface area (Å²) in [6.45, 7) is 1.90. The fraction of sp³-hybridized carbons (Fsp3) is 0.200. The normalized spacial score (nSPS) is 10.4. The van der Waals surface area contributed by atoms with Crippen LogP contribution in [0.25, 0.3) is 0 Å². The van der Waals surface area contributed by atoms with Crippen molar-refractivity contribution in [2.45, 2.75) is 12.3 Å². The van der Waals surface area contributed by atoms with Crippen molar-refractivity contribution in [3.05, 3.63) is 39.9 Å². The molecule has 0 atom stereocenters. The number of rotatable bonds is 3. The zero-order valence-corrected chi connectivity index (χ0v) is 10.3. The van der Waals surface area contributed by atoms with E-state index in [1.165, 1.54) is 0 Å². The minimum atomic E-state index is -0.162. The summed E-state index contributed by atoms with van der Waals surface area (Å²) in [6.07, 6.45) is 1.68. The van der Waals surface area contributed by atoms with E-state index in [9.17, 15) is 4.79 Å². The smallest absolute Gasteiger partial charge is 0.271 e. The first-order valence-electron chi connectivity index (χ1n) is 4.75. The largest absolute Gasteiger partial charge is 0.334 e. The molecule has 2 rings (SSSR count). The first kappa shape index (κ1) is 10.9. The van der Waals surface area contributed by atoms with Gasteiger partial charge in [0, 0.05) is 23.3 Å². The Labute approximate surface area is 100 Å². The van der Waals surface area contributed by atoms with Crippen LogP contribution in [0.5, 0.6) is 0 Å². The van der Waals surface area contributed by atoms with E-state index in [4.69, 9.17) is 0 Å². The predicted octanol–water partition coefficient (Wildman–Crippen LogP) is 2.04. The van der Waals surface area contributed by atoms with Crippen LogP contribution < -0.4 is 10.9 Å². The Morgan fingerprint density at radius 1 is 1.50 bits per heavy atom. The fourth-order valence-electron chi connectivity index (χ4n) is 1.32. The summed E-state index contributed by atoms with van der Waals surface area (Å²) >= 11 is 3.33. The molecule has 16 heavy (non-hydrogen) atoms. The van der Waals surface area contributed by atoms with Crippen LogP contribution in [0.1, 0.15) is 11.3 Å². The summed E-state index contributed by atoms with van der Waals surface area (Å²) < 4.78 is 0. The molecule has 0 fully saturated rings. The maximum atomic E-state index is 11.5. The molecular formula is C10H11BrN4O. The van der Waals surface area contributed by atoms with Crippen molar-refractivity contribution in [3.63, 3.8) is 0 Å². The summed E-state index contributed by atoms with van der Waals surface area (Å²) in [6, 6.07) is 3.62. The van der Waals surface area contributed by atoms with Gasteiger partial charge in [-0.05, 0) is 18.6 Å². The number of nitrogens with one attached hydrogen (secondary N) is 3. The van der Waals surface area contributed by atoms with Crippen molar-refractivity contribution >= 4 is 27.4 Å². The molecule has 3 N–H and O–H groups in total. The Morgan fingerprint density at radius 3 is 2.94 bits per heavy atom. The molecule has 2 aromatic rings. The Hall–Kier alpha value is -1.56. The highest BCUT2D eigenvalue weighted by atomic mass is 79.9. The van der Waals surface area contributed by atoms with Gasteiger partial charge in [-0.1, -0.05) is 15.9 Å². The summed E-state index contributed by atoms with van der Waals surface area (Å²) in [7, 11) is 0. The average molecular weight is 283 g/mol. The monoisotopic (exact) mass is 282 g/mol. The molecule has 2 heterocycles. The SMILES string of the molecule is Cc1cc(Nc2cc(CBr)c[nH]c2=O)n[nH]1. The molecule has 6 heteroatoms. The van der Waals surface area contributed by atoms with Crippen molar-refractivity contribution < 1.29 is 0 Å². The number of H-pyrrole nitrogens is 2. The van der Waals surface area contributed by atoms with E-state index in [-0.39, 0.29) is 5.56 Å². The molecular weight excluding hydrogens is 272 g/mol. The summed E-state index contributed by atoms with van der Waals surface area (Å²) in [5.74, 6) is 0.634. The van der Waals surface area contributed by atoms with Gasteiger partial charge in [0.15, 0.2) is 5.82 Å². The van der Waals surface area contributed by atoms with Gasteiger partial charge in [0.05, 0.1) is 0 Å². The number of halogens is 1. The van der Waals surface area contributed by atoms with Crippen LogP contribution in [-0.2, 0) is 5.33 Å². The molecule has 0 amide bonds.